The molecule has 0 aliphatic rings. The van der Waals surface area contributed by atoms with E-state index < -0.39 is 15.9 Å². The van der Waals surface area contributed by atoms with Crippen molar-refractivity contribution >= 4 is 21.6 Å². The molecule has 0 aliphatic carbocycles. The van der Waals surface area contributed by atoms with Gasteiger partial charge in [-0.25, -0.2) is 8.42 Å². The highest BCUT2D eigenvalue weighted by molar-refractivity contribution is 7.92. The second-order valence-corrected chi connectivity index (χ2v) is 8.40. The quantitative estimate of drug-likeness (QED) is 0.490. The number of amides is 1. The van der Waals surface area contributed by atoms with Crippen LogP contribution < -0.4 is 19.1 Å². The Morgan fingerprint density at radius 3 is 2.23 bits per heavy atom. The molecular formula is C23H24N2O5S. The summed E-state index contributed by atoms with van der Waals surface area (Å²) < 4.78 is 38.1. The van der Waals surface area contributed by atoms with Gasteiger partial charge < -0.3 is 14.8 Å². The van der Waals surface area contributed by atoms with Gasteiger partial charge in [-0.3, -0.25) is 9.10 Å². The van der Waals surface area contributed by atoms with Gasteiger partial charge in [0.15, 0.2) is 0 Å². The zero-order chi connectivity index (χ0) is 22.1. The highest BCUT2D eigenvalue weighted by Crippen LogP contribution is 2.23. The Kier molecular flexibility index (Phi) is 7.50. The van der Waals surface area contributed by atoms with E-state index in [-0.39, 0.29) is 24.6 Å². The molecule has 1 amide bonds. The molecular weight excluding hydrogens is 416 g/mol. The Morgan fingerprint density at radius 2 is 1.55 bits per heavy atom. The topological polar surface area (TPSA) is 84.9 Å². The van der Waals surface area contributed by atoms with Crippen LogP contribution >= 0.6 is 0 Å². The molecule has 0 aliphatic heterocycles. The summed E-state index contributed by atoms with van der Waals surface area (Å²) in [6, 6.07) is 23.7. The first kappa shape index (κ1) is 22.2. The lowest BCUT2D eigenvalue weighted by Gasteiger charge is -2.24. The molecule has 0 unspecified atom stereocenters. The van der Waals surface area contributed by atoms with E-state index in [1.165, 1.54) is 12.1 Å². The number of nitrogens with one attached hydrogen (secondary N) is 1. The highest BCUT2D eigenvalue weighted by atomic mass is 32.2. The Bertz CT molecular complexity index is 1090. The molecule has 0 bridgehead atoms. The van der Waals surface area contributed by atoms with Crippen LogP contribution in [0.2, 0.25) is 0 Å². The molecule has 0 saturated heterocycles. The van der Waals surface area contributed by atoms with E-state index in [2.05, 4.69) is 5.32 Å². The summed E-state index contributed by atoms with van der Waals surface area (Å²) in [6.45, 7) is 0.111. The van der Waals surface area contributed by atoms with Crippen LogP contribution in [0.25, 0.3) is 0 Å². The predicted molar refractivity (Wildman–Crippen MR) is 119 cm³/mol. The lowest BCUT2D eigenvalue weighted by molar-refractivity contribution is -0.119. The van der Waals surface area contributed by atoms with Crippen molar-refractivity contribution in [2.75, 3.05) is 31.1 Å². The van der Waals surface area contributed by atoms with Crippen molar-refractivity contribution in [3.05, 3.63) is 84.9 Å². The van der Waals surface area contributed by atoms with Crippen molar-refractivity contribution in [1.29, 1.82) is 0 Å². The van der Waals surface area contributed by atoms with Crippen LogP contribution in [0.5, 0.6) is 11.5 Å². The molecule has 8 heteroatoms. The number of para-hydroxylation sites is 1. The summed E-state index contributed by atoms with van der Waals surface area (Å²) in [5.74, 6) is 0.856. The van der Waals surface area contributed by atoms with Gasteiger partial charge in [-0.1, -0.05) is 42.5 Å². The van der Waals surface area contributed by atoms with Gasteiger partial charge in [-0.2, -0.15) is 0 Å². The van der Waals surface area contributed by atoms with Gasteiger partial charge in [0.05, 0.1) is 24.2 Å². The van der Waals surface area contributed by atoms with Crippen LogP contribution in [-0.2, 0) is 14.8 Å². The number of sulfonamides is 1. The zero-order valence-electron chi connectivity index (χ0n) is 17.1. The number of carbonyl (C=O) groups excluding carboxylic acids is 1. The van der Waals surface area contributed by atoms with Crippen molar-refractivity contribution in [3.63, 3.8) is 0 Å². The number of carbonyl (C=O) groups is 1. The van der Waals surface area contributed by atoms with Gasteiger partial charge in [-0.15, -0.1) is 0 Å². The predicted octanol–water partition coefficient (Wildman–Crippen LogP) is 3.09. The third-order valence-electron chi connectivity index (χ3n) is 4.40. The van der Waals surface area contributed by atoms with Crippen LogP contribution in [0.15, 0.2) is 89.8 Å². The minimum Gasteiger partial charge on any atom is -0.497 e. The minimum atomic E-state index is -3.90. The molecule has 31 heavy (non-hydrogen) atoms. The number of ether oxygens (including phenoxy) is 2. The zero-order valence-corrected chi connectivity index (χ0v) is 17.9. The molecule has 1 N–H and O–H groups in total. The maximum atomic E-state index is 13.2. The normalized spacial score (nSPS) is 10.9. The van der Waals surface area contributed by atoms with Crippen molar-refractivity contribution < 1.29 is 22.7 Å². The second-order valence-electron chi connectivity index (χ2n) is 6.54. The van der Waals surface area contributed by atoms with Gasteiger partial charge in [0.25, 0.3) is 10.0 Å². The molecule has 0 atom stereocenters. The second kappa shape index (κ2) is 10.5. The molecule has 3 aromatic carbocycles. The van der Waals surface area contributed by atoms with Gasteiger partial charge in [0, 0.05) is 6.07 Å². The van der Waals surface area contributed by atoms with E-state index in [1.54, 1.807) is 79.9 Å². The number of hydrogen-bond acceptors (Lipinski definition) is 5. The van der Waals surface area contributed by atoms with Crippen LogP contribution in [0.1, 0.15) is 0 Å². The first-order valence-electron chi connectivity index (χ1n) is 9.67. The summed E-state index contributed by atoms with van der Waals surface area (Å²) >= 11 is 0. The van der Waals surface area contributed by atoms with Gasteiger partial charge in [-0.05, 0) is 36.4 Å². The maximum absolute atomic E-state index is 13.2. The van der Waals surface area contributed by atoms with E-state index >= 15 is 0 Å². The molecule has 3 aromatic rings. The Labute approximate surface area is 182 Å². The van der Waals surface area contributed by atoms with E-state index in [0.29, 0.717) is 17.2 Å². The van der Waals surface area contributed by atoms with E-state index in [1.807, 2.05) is 0 Å². The fourth-order valence-corrected chi connectivity index (χ4v) is 4.31. The fourth-order valence-electron chi connectivity index (χ4n) is 2.87. The first-order valence-corrected chi connectivity index (χ1v) is 11.1. The molecule has 0 fully saturated rings. The molecule has 0 heterocycles. The van der Waals surface area contributed by atoms with Crippen molar-refractivity contribution in [1.82, 2.24) is 5.32 Å². The van der Waals surface area contributed by atoms with Crippen molar-refractivity contribution in [2.45, 2.75) is 4.90 Å². The lowest BCUT2D eigenvalue weighted by atomic mass is 10.3. The monoisotopic (exact) mass is 440 g/mol. The standard InChI is InChI=1S/C23H24N2O5S/c1-29-20-11-8-12-21(17-20)30-16-15-24-23(26)18-25(19-9-4-2-5-10-19)31(27,28)22-13-6-3-7-14-22/h2-14,17H,15-16,18H2,1H3,(H,24,26). The van der Waals surface area contributed by atoms with Crippen LogP contribution in [-0.4, -0.2) is 41.1 Å². The number of hydrogen-bond donors (Lipinski definition) is 1. The molecule has 7 nitrogen and oxygen atoms in total. The van der Waals surface area contributed by atoms with Gasteiger partial charge >= 0.3 is 0 Å². The molecule has 0 aromatic heterocycles. The largest absolute Gasteiger partial charge is 0.497 e. The van der Waals surface area contributed by atoms with Crippen LogP contribution in [0.3, 0.4) is 0 Å². The molecule has 0 spiro atoms. The fraction of sp³-hybridized carbons (Fsp3) is 0.174. The average molecular weight is 441 g/mol. The Balaban J connectivity index is 1.64. The molecule has 3 rings (SSSR count). The first-order chi connectivity index (χ1) is 15.0. The smallest absolute Gasteiger partial charge is 0.264 e. The number of rotatable bonds is 10. The Morgan fingerprint density at radius 1 is 0.903 bits per heavy atom. The van der Waals surface area contributed by atoms with E-state index in [9.17, 15) is 13.2 Å². The third kappa shape index (κ3) is 5.99. The minimum absolute atomic E-state index is 0.119. The highest BCUT2D eigenvalue weighted by Gasteiger charge is 2.26. The molecule has 0 radical (unpaired) electrons. The van der Waals surface area contributed by atoms with E-state index in [4.69, 9.17) is 9.47 Å². The summed E-state index contributed by atoms with van der Waals surface area (Å²) in [4.78, 5) is 12.6. The SMILES string of the molecule is COc1cccc(OCCNC(=O)CN(c2ccccc2)S(=O)(=O)c2ccccc2)c1. The summed E-state index contributed by atoms with van der Waals surface area (Å²) in [6.07, 6.45) is 0. The average Bonchev–Trinajstić information content (AvgIpc) is 2.81. The van der Waals surface area contributed by atoms with Crippen molar-refractivity contribution in [3.8, 4) is 11.5 Å². The van der Waals surface area contributed by atoms with Gasteiger partial charge in [0.1, 0.15) is 24.7 Å². The number of nitrogens with zero attached hydrogens (tertiary/aromatic N) is 1. The van der Waals surface area contributed by atoms with Crippen LogP contribution in [0.4, 0.5) is 5.69 Å². The third-order valence-corrected chi connectivity index (χ3v) is 6.18. The molecule has 0 saturated carbocycles. The number of anilines is 1. The molecule has 162 valence electrons. The summed E-state index contributed by atoms with van der Waals surface area (Å²) in [7, 11) is -2.33. The van der Waals surface area contributed by atoms with Crippen LogP contribution in [0, 0.1) is 0 Å². The maximum Gasteiger partial charge on any atom is 0.264 e. The number of benzene rings is 3. The summed E-state index contributed by atoms with van der Waals surface area (Å²) in [5, 5.41) is 2.70. The van der Waals surface area contributed by atoms with Gasteiger partial charge in [0.2, 0.25) is 5.91 Å². The lowest BCUT2D eigenvalue weighted by Crippen LogP contribution is -2.41. The number of methoxy groups -OCH3 is 1. The summed E-state index contributed by atoms with van der Waals surface area (Å²) in [5.41, 5.74) is 0.411. The van der Waals surface area contributed by atoms with Crippen molar-refractivity contribution in [2.24, 2.45) is 0 Å². The van der Waals surface area contributed by atoms with E-state index in [0.717, 1.165) is 4.31 Å². The Hall–Kier alpha value is -3.52.